The van der Waals surface area contributed by atoms with E-state index >= 15 is 0 Å². The maximum absolute atomic E-state index is 11.3. The van der Waals surface area contributed by atoms with Gasteiger partial charge < -0.3 is 47.7 Å². The maximum Gasteiger partial charge on any atom is 0.372 e. The van der Waals surface area contributed by atoms with Crippen LogP contribution in [-0.2, 0) is 57.0 Å². The van der Waals surface area contributed by atoms with Gasteiger partial charge in [-0.05, 0) is 6.42 Å². The minimum Gasteiger partial charge on any atom is -0.476 e. The van der Waals surface area contributed by atoms with Crippen molar-refractivity contribution in [1.29, 1.82) is 0 Å². The number of carboxylic acids is 1. The van der Waals surface area contributed by atoms with E-state index in [1.807, 2.05) is 0 Å². The Morgan fingerprint density at radius 1 is 0.450 bits per heavy atom. The lowest BCUT2D eigenvalue weighted by Crippen LogP contribution is -2.17. The molecule has 0 saturated carbocycles. The number of hydrogen-bond donors (Lipinski definition) is 1. The van der Waals surface area contributed by atoms with E-state index in [9.17, 15) is 14.4 Å². The lowest BCUT2D eigenvalue weighted by Gasteiger charge is -2.09. The second-order valence-electron chi connectivity index (χ2n) is 8.41. The number of rotatable bonds is 33. The van der Waals surface area contributed by atoms with Crippen molar-refractivity contribution in [3.05, 3.63) is 0 Å². The van der Waals surface area contributed by atoms with Crippen LogP contribution >= 0.6 is 0 Å². The minimum absolute atomic E-state index is 0.0212. The Kier molecular flexibility index (Phi) is 30.5. The summed E-state index contributed by atoms with van der Waals surface area (Å²) in [5, 5.41) is 8.43. The Hall–Kier alpha value is -1.71. The summed E-state index contributed by atoms with van der Waals surface area (Å²) in [5.41, 5.74) is 0. The van der Waals surface area contributed by atoms with Crippen molar-refractivity contribution in [2.24, 2.45) is 0 Å². The van der Waals surface area contributed by atoms with Gasteiger partial charge in [0.1, 0.15) is 6.61 Å². The van der Waals surface area contributed by atoms with E-state index in [1.54, 1.807) is 0 Å². The molecule has 0 aliphatic heterocycles. The van der Waals surface area contributed by atoms with E-state index < -0.39 is 17.7 Å². The number of aliphatic carboxylic acids is 1. The number of ether oxygens (including phenoxy) is 9. The van der Waals surface area contributed by atoms with Crippen LogP contribution in [0.15, 0.2) is 0 Å². The van der Waals surface area contributed by atoms with Crippen LogP contribution in [0.3, 0.4) is 0 Å². The van der Waals surface area contributed by atoms with Crippen molar-refractivity contribution < 1.29 is 62.1 Å². The van der Waals surface area contributed by atoms with Crippen molar-refractivity contribution >= 4 is 17.7 Å². The zero-order valence-corrected chi connectivity index (χ0v) is 24.1. The molecule has 0 rings (SSSR count). The Morgan fingerprint density at radius 3 is 1.15 bits per heavy atom. The van der Waals surface area contributed by atoms with Crippen LogP contribution in [0, 0.1) is 0 Å². The first kappa shape index (κ1) is 38.3. The zero-order chi connectivity index (χ0) is 29.4. The van der Waals surface area contributed by atoms with Crippen molar-refractivity contribution in [3.8, 4) is 0 Å². The van der Waals surface area contributed by atoms with Gasteiger partial charge in [0.05, 0.1) is 106 Å². The summed E-state index contributed by atoms with van der Waals surface area (Å²) in [6.45, 7) is 9.93. The molecule has 0 aliphatic carbocycles. The fraction of sp³-hybridized carbons (Fsp3) is 0.889. The molecule has 0 atom stereocenters. The van der Waals surface area contributed by atoms with Gasteiger partial charge in [-0.1, -0.05) is 26.2 Å². The third-order valence-corrected chi connectivity index (χ3v) is 5.03. The standard InChI is InChI=1S/C27H50O13/c1-2-3-4-5-8-32-9-10-33-11-12-34-13-14-35-15-16-36-17-18-37-19-20-38-21-22-39-23-24-40-26(29)7-6-25(28)27(30)31/h2-24H2,1H3,(H,30,31). The molecule has 0 saturated heterocycles. The van der Waals surface area contributed by atoms with E-state index in [0.29, 0.717) is 92.5 Å². The molecule has 236 valence electrons. The van der Waals surface area contributed by atoms with Gasteiger partial charge in [-0.15, -0.1) is 0 Å². The molecule has 1 N–H and O–H groups in total. The van der Waals surface area contributed by atoms with Crippen LogP contribution in [0.25, 0.3) is 0 Å². The summed E-state index contributed by atoms with van der Waals surface area (Å²) in [6.07, 6.45) is 4.20. The quantitative estimate of drug-likeness (QED) is 0.0678. The van der Waals surface area contributed by atoms with Crippen LogP contribution in [0.1, 0.15) is 45.4 Å². The van der Waals surface area contributed by atoms with Crippen molar-refractivity contribution in [2.45, 2.75) is 45.4 Å². The van der Waals surface area contributed by atoms with Crippen molar-refractivity contribution in [1.82, 2.24) is 0 Å². The molecule has 0 bridgehead atoms. The molecular formula is C27H50O13. The highest BCUT2D eigenvalue weighted by Crippen LogP contribution is 1.98. The number of esters is 1. The monoisotopic (exact) mass is 582 g/mol. The number of hydrogen-bond acceptors (Lipinski definition) is 12. The summed E-state index contributed by atoms with van der Waals surface area (Å²) in [6, 6.07) is 0. The Morgan fingerprint density at radius 2 is 0.800 bits per heavy atom. The fourth-order valence-electron chi connectivity index (χ4n) is 2.88. The molecular weight excluding hydrogens is 532 g/mol. The van der Waals surface area contributed by atoms with E-state index in [1.165, 1.54) is 19.3 Å². The second-order valence-corrected chi connectivity index (χ2v) is 8.41. The molecule has 0 unspecified atom stereocenters. The van der Waals surface area contributed by atoms with E-state index in [-0.39, 0.29) is 26.1 Å². The smallest absolute Gasteiger partial charge is 0.372 e. The minimum atomic E-state index is -1.56. The molecule has 0 aromatic carbocycles. The molecule has 0 heterocycles. The first-order valence-corrected chi connectivity index (χ1v) is 14.1. The number of carbonyl (C=O) groups is 3. The number of carbonyl (C=O) groups excluding carboxylic acids is 2. The van der Waals surface area contributed by atoms with Crippen molar-refractivity contribution in [3.63, 3.8) is 0 Å². The molecule has 13 nitrogen and oxygen atoms in total. The lowest BCUT2D eigenvalue weighted by molar-refractivity contribution is -0.151. The molecule has 13 heteroatoms. The number of ketones is 1. The highest BCUT2D eigenvalue weighted by atomic mass is 16.6. The van der Waals surface area contributed by atoms with Gasteiger partial charge in [0, 0.05) is 13.0 Å². The summed E-state index contributed by atoms with van der Waals surface area (Å²) < 4.78 is 48.1. The number of unbranched alkanes of at least 4 members (excludes halogenated alkanes) is 3. The second kappa shape index (κ2) is 31.8. The van der Waals surface area contributed by atoms with Crippen LogP contribution in [-0.4, -0.2) is 135 Å². The molecule has 0 aromatic heterocycles. The number of Topliss-reactive ketones (excluding diaryl/α,β-unsaturated/α-hetero) is 1. The third-order valence-electron chi connectivity index (χ3n) is 5.03. The Bertz CT molecular complexity index is 589. The molecule has 0 fully saturated rings. The largest absolute Gasteiger partial charge is 0.476 e. The van der Waals surface area contributed by atoms with Crippen LogP contribution in [0.2, 0.25) is 0 Å². The van der Waals surface area contributed by atoms with Gasteiger partial charge in [-0.2, -0.15) is 0 Å². The fourth-order valence-corrected chi connectivity index (χ4v) is 2.88. The molecule has 40 heavy (non-hydrogen) atoms. The highest BCUT2D eigenvalue weighted by Gasteiger charge is 2.14. The van der Waals surface area contributed by atoms with E-state index in [2.05, 4.69) is 6.92 Å². The molecule has 0 amide bonds. The molecule has 0 aliphatic rings. The SMILES string of the molecule is CCCCCCOCCOCCOCCOCCOCCOCCOCCOCCOC(=O)CCC(=O)C(=O)O. The average Bonchev–Trinajstić information content (AvgIpc) is 2.95. The Balaban J connectivity index is 3.12. The maximum atomic E-state index is 11.3. The first-order valence-electron chi connectivity index (χ1n) is 14.1. The summed E-state index contributed by atoms with van der Waals surface area (Å²) in [5.74, 6) is -3.22. The van der Waals surface area contributed by atoms with Crippen molar-refractivity contribution in [2.75, 3.05) is 112 Å². The molecule has 0 radical (unpaired) electrons. The average molecular weight is 583 g/mol. The predicted octanol–water partition coefficient (Wildman–Crippen LogP) is 1.68. The van der Waals surface area contributed by atoms with Gasteiger partial charge in [0.15, 0.2) is 0 Å². The molecule has 0 spiro atoms. The van der Waals surface area contributed by atoms with Gasteiger partial charge in [0.2, 0.25) is 5.78 Å². The zero-order valence-electron chi connectivity index (χ0n) is 24.1. The normalized spacial score (nSPS) is 11.1. The van der Waals surface area contributed by atoms with Gasteiger partial charge in [-0.3, -0.25) is 9.59 Å². The Labute approximate surface area is 238 Å². The van der Waals surface area contributed by atoms with Gasteiger partial charge in [-0.25, -0.2) is 4.79 Å². The third kappa shape index (κ3) is 30.8. The summed E-state index contributed by atoms with van der Waals surface area (Å²) in [4.78, 5) is 32.6. The summed E-state index contributed by atoms with van der Waals surface area (Å²) in [7, 11) is 0. The van der Waals surface area contributed by atoms with Crippen LogP contribution in [0.5, 0.6) is 0 Å². The predicted molar refractivity (Wildman–Crippen MR) is 144 cm³/mol. The molecule has 0 aromatic rings. The summed E-state index contributed by atoms with van der Waals surface area (Å²) >= 11 is 0. The van der Waals surface area contributed by atoms with Gasteiger partial charge >= 0.3 is 11.9 Å². The first-order chi connectivity index (χ1) is 19.6. The van der Waals surface area contributed by atoms with Crippen LogP contribution < -0.4 is 0 Å². The highest BCUT2D eigenvalue weighted by molar-refractivity contribution is 6.32. The van der Waals surface area contributed by atoms with E-state index in [4.69, 9.17) is 47.7 Å². The van der Waals surface area contributed by atoms with Gasteiger partial charge in [0.25, 0.3) is 0 Å². The topological polar surface area (TPSA) is 155 Å². The van der Waals surface area contributed by atoms with E-state index in [0.717, 1.165) is 13.0 Å². The lowest BCUT2D eigenvalue weighted by atomic mass is 10.2. The number of carboxylic acid groups (broad SMARTS) is 1. The van der Waals surface area contributed by atoms with Crippen LogP contribution in [0.4, 0.5) is 0 Å².